The van der Waals surface area contributed by atoms with E-state index in [0.29, 0.717) is 0 Å². The van der Waals surface area contributed by atoms with Crippen molar-refractivity contribution in [2.24, 2.45) is 5.16 Å². The number of oxime groups is 1. The maximum Gasteiger partial charge on any atom is 0.157 e. The van der Waals surface area contributed by atoms with Gasteiger partial charge in [-0.3, -0.25) is 4.79 Å². The van der Waals surface area contributed by atoms with Crippen molar-refractivity contribution in [3.8, 4) is 0 Å². The molecular weight excluding hydrogens is 168 g/mol. The fourth-order valence-corrected chi connectivity index (χ4v) is 2.02. The van der Waals surface area contributed by atoms with Crippen LogP contribution in [0.1, 0.15) is 26.7 Å². The Kier molecular flexibility index (Phi) is 1.87. The lowest BCUT2D eigenvalue weighted by Crippen LogP contribution is -2.31. The molecule has 0 aromatic heterocycles. The molecule has 4 nitrogen and oxygen atoms in total. The van der Waals surface area contributed by atoms with Crippen molar-refractivity contribution in [2.75, 3.05) is 6.54 Å². The minimum Gasteiger partial charge on any atom is -0.387 e. The Morgan fingerprint density at radius 3 is 3.00 bits per heavy atom. The summed E-state index contributed by atoms with van der Waals surface area (Å²) in [6.07, 6.45) is 1.60. The van der Waals surface area contributed by atoms with Gasteiger partial charge in [0.25, 0.3) is 0 Å². The first kappa shape index (κ1) is 8.69. The highest BCUT2D eigenvalue weighted by molar-refractivity contribution is 5.85. The van der Waals surface area contributed by atoms with Crippen molar-refractivity contribution in [3.63, 3.8) is 0 Å². The minimum atomic E-state index is -0.222. The van der Waals surface area contributed by atoms with Crippen LogP contribution in [-0.4, -0.2) is 29.7 Å². The molecule has 0 aliphatic carbocycles. The van der Waals surface area contributed by atoms with Gasteiger partial charge in [-0.2, -0.15) is 0 Å². The molecule has 0 amide bonds. The molecule has 2 unspecified atom stereocenters. The summed E-state index contributed by atoms with van der Waals surface area (Å²) in [6.45, 7) is 4.30. The Hall–Kier alpha value is -0.900. The zero-order valence-corrected chi connectivity index (χ0v) is 7.96. The molecule has 0 saturated carbocycles. The lowest BCUT2D eigenvalue weighted by atomic mass is 9.94. The van der Waals surface area contributed by atoms with E-state index in [-0.39, 0.29) is 17.4 Å². The molecule has 13 heavy (non-hydrogen) atoms. The summed E-state index contributed by atoms with van der Waals surface area (Å²) in [4.78, 5) is 16.5. The Morgan fingerprint density at radius 2 is 2.54 bits per heavy atom. The number of carbonyl (C=O) groups excluding carboxylic acids is 1. The third-order valence-electron chi connectivity index (χ3n) is 2.71. The van der Waals surface area contributed by atoms with Gasteiger partial charge in [0.05, 0.1) is 11.8 Å². The molecule has 0 bridgehead atoms. The average Bonchev–Trinajstić information content (AvgIpc) is 2.61. The Morgan fingerprint density at radius 1 is 1.77 bits per heavy atom. The number of hydrogen-bond donors (Lipinski definition) is 1. The lowest BCUT2D eigenvalue weighted by Gasteiger charge is -2.18. The monoisotopic (exact) mass is 182 g/mol. The molecule has 2 aliphatic rings. The first-order chi connectivity index (χ1) is 6.11. The molecule has 0 radical (unpaired) electrons. The van der Waals surface area contributed by atoms with Crippen LogP contribution < -0.4 is 5.32 Å². The van der Waals surface area contributed by atoms with Crippen LogP contribution in [0.2, 0.25) is 0 Å². The Labute approximate surface area is 77.3 Å². The highest BCUT2D eigenvalue weighted by Gasteiger charge is 2.46. The van der Waals surface area contributed by atoms with E-state index in [1.54, 1.807) is 6.92 Å². The summed E-state index contributed by atoms with van der Waals surface area (Å²) in [5.74, 6) is 0.185. The van der Waals surface area contributed by atoms with Crippen molar-refractivity contribution in [2.45, 2.75) is 38.3 Å². The zero-order valence-electron chi connectivity index (χ0n) is 7.96. The summed E-state index contributed by atoms with van der Waals surface area (Å²) < 4.78 is 0. The molecule has 72 valence electrons. The average molecular weight is 182 g/mol. The van der Waals surface area contributed by atoms with Crippen LogP contribution in [0, 0.1) is 0 Å². The van der Waals surface area contributed by atoms with Gasteiger partial charge in [0.1, 0.15) is 5.78 Å². The first-order valence-corrected chi connectivity index (χ1v) is 4.57. The number of nitrogens with zero attached hydrogens (tertiary/aromatic N) is 1. The minimum absolute atomic E-state index is 0.0406. The van der Waals surface area contributed by atoms with Gasteiger partial charge in [0.15, 0.2) is 5.60 Å². The molecule has 1 fully saturated rings. The maximum absolute atomic E-state index is 11.1. The zero-order chi connectivity index (χ0) is 9.47. The van der Waals surface area contributed by atoms with Crippen molar-refractivity contribution >= 4 is 11.5 Å². The summed E-state index contributed by atoms with van der Waals surface area (Å²) in [7, 11) is 0. The molecule has 1 saturated heterocycles. The molecule has 1 N–H and O–H groups in total. The summed E-state index contributed by atoms with van der Waals surface area (Å²) in [5.41, 5.74) is 0.798. The third kappa shape index (κ3) is 1.46. The first-order valence-electron chi connectivity index (χ1n) is 4.57. The summed E-state index contributed by atoms with van der Waals surface area (Å²) in [5, 5.41) is 7.09. The molecule has 1 spiro atoms. The highest BCUT2D eigenvalue weighted by Crippen LogP contribution is 2.32. The quantitative estimate of drug-likeness (QED) is 0.641. The number of hydrogen-bond acceptors (Lipinski definition) is 4. The number of rotatable bonds is 1. The molecular formula is C9H14N2O2. The third-order valence-corrected chi connectivity index (χ3v) is 2.71. The van der Waals surface area contributed by atoms with Crippen molar-refractivity contribution in [1.82, 2.24) is 5.32 Å². The van der Waals surface area contributed by atoms with Crippen LogP contribution >= 0.6 is 0 Å². The van der Waals surface area contributed by atoms with E-state index in [4.69, 9.17) is 4.84 Å². The number of carbonyl (C=O) groups is 1. The smallest absolute Gasteiger partial charge is 0.157 e. The second-order valence-electron chi connectivity index (χ2n) is 4.03. The molecule has 0 aromatic carbocycles. The largest absolute Gasteiger partial charge is 0.387 e. The van der Waals surface area contributed by atoms with Gasteiger partial charge in [-0.1, -0.05) is 5.16 Å². The number of Topliss-reactive ketones (excluding diaryl/α,β-unsaturated/α-hetero) is 1. The van der Waals surface area contributed by atoms with Gasteiger partial charge < -0.3 is 10.2 Å². The van der Waals surface area contributed by atoms with Gasteiger partial charge in [-0.25, -0.2) is 0 Å². The standard InChI is InChI=1S/C9H14N2O2/c1-6-3-9(13-11-6)4-8(7(2)12)10-5-9/h8,10H,3-5H2,1-2H3. The predicted molar refractivity (Wildman–Crippen MR) is 48.6 cm³/mol. The van der Waals surface area contributed by atoms with Gasteiger partial charge in [0, 0.05) is 19.4 Å². The Bertz CT molecular complexity index is 275. The van der Waals surface area contributed by atoms with E-state index in [2.05, 4.69) is 10.5 Å². The van der Waals surface area contributed by atoms with Crippen molar-refractivity contribution in [1.29, 1.82) is 0 Å². The van der Waals surface area contributed by atoms with Gasteiger partial charge in [-0.15, -0.1) is 0 Å². The fraction of sp³-hybridized carbons (Fsp3) is 0.778. The highest BCUT2D eigenvalue weighted by atomic mass is 16.7. The normalized spacial score (nSPS) is 37.7. The second kappa shape index (κ2) is 2.80. The van der Waals surface area contributed by atoms with E-state index in [1.807, 2.05) is 6.92 Å². The SMILES string of the molecule is CC(=O)C1CC2(CN1)CC(C)=NO2. The lowest BCUT2D eigenvalue weighted by molar-refractivity contribution is -0.119. The summed E-state index contributed by atoms with van der Waals surface area (Å²) >= 11 is 0. The van der Waals surface area contributed by atoms with Crippen LogP contribution in [-0.2, 0) is 9.63 Å². The topological polar surface area (TPSA) is 50.7 Å². The number of nitrogens with one attached hydrogen (secondary N) is 1. The molecule has 2 rings (SSSR count). The van der Waals surface area contributed by atoms with E-state index in [9.17, 15) is 4.79 Å². The Balaban J connectivity index is 2.02. The van der Waals surface area contributed by atoms with Crippen LogP contribution in [0.4, 0.5) is 0 Å². The van der Waals surface area contributed by atoms with Crippen LogP contribution in [0.3, 0.4) is 0 Å². The van der Waals surface area contributed by atoms with Crippen molar-refractivity contribution in [3.05, 3.63) is 0 Å². The summed E-state index contributed by atoms with van der Waals surface area (Å²) in [6, 6.07) is -0.0406. The van der Waals surface area contributed by atoms with Crippen molar-refractivity contribution < 1.29 is 9.63 Å². The van der Waals surface area contributed by atoms with Gasteiger partial charge in [-0.05, 0) is 13.8 Å². The maximum atomic E-state index is 11.1. The molecule has 4 heteroatoms. The van der Waals surface area contributed by atoms with E-state index < -0.39 is 0 Å². The van der Waals surface area contributed by atoms with E-state index in [1.165, 1.54) is 0 Å². The second-order valence-corrected chi connectivity index (χ2v) is 4.03. The molecule has 2 aliphatic heterocycles. The van der Waals surface area contributed by atoms with Gasteiger partial charge in [0.2, 0.25) is 0 Å². The number of ketones is 1. The van der Waals surface area contributed by atoms with E-state index >= 15 is 0 Å². The molecule has 0 aromatic rings. The van der Waals surface area contributed by atoms with Crippen LogP contribution in [0.25, 0.3) is 0 Å². The predicted octanol–water partition coefficient (Wildman–Crippen LogP) is 0.472. The van der Waals surface area contributed by atoms with Crippen LogP contribution in [0.5, 0.6) is 0 Å². The fourth-order valence-electron chi connectivity index (χ4n) is 2.02. The molecule has 2 heterocycles. The van der Waals surface area contributed by atoms with Gasteiger partial charge >= 0.3 is 0 Å². The van der Waals surface area contributed by atoms with Crippen LogP contribution in [0.15, 0.2) is 5.16 Å². The van der Waals surface area contributed by atoms with E-state index in [0.717, 1.165) is 25.1 Å². The molecule has 2 atom stereocenters.